The zero-order valence-electron chi connectivity index (χ0n) is 10.8. The van der Waals surface area contributed by atoms with Crippen LogP contribution in [0.15, 0.2) is 15.9 Å². The molecule has 1 atom stereocenters. The fourth-order valence-electron chi connectivity index (χ4n) is 2.31. The van der Waals surface area contributed by atoms with E-state index in [1.165, 1.54) is 15.2 Å². The van der Waals surface area contributed by atoms with Crippen LogP contribution in [0.4, 0.5) is 0 Å². The molecule has 1 aromatic heterocycles. The monoisotopic (exact) mass is 316 g/mol. The molecule has 2 rings (SSSR count). The minimum Gasteiger partial charge on any atom is -0.309 e. The van der Waals surface area contributed by atoms with Crippen molar-refractivity contribution >= 4 is 27.3 Å². The van der Waals surface area contributed by atoms with Crippen LogP contribution in [0.2, 0.25) is 0 Å². The van der Waals surface area contributed by atoms with Crippen LogP contribution in [0.3, 0.4) is 0 Å². The summed E-state index contributed by atoms with van der Waals surface area (Å²) in [5, 5.41) is 3.59. The molecule has 2 nitrogen and oxygen atoms in total. The average molecular weight is 317 g/mol. The third-order valence-electron chi connectivity index (χ3n) is 3.37. The lowest BCUT2D eigenvalue weighted by atomic mass is 9.99. The van der Waals surface area contributed by atoms with E-state index in [2.05, 4.69) is 59.1 Å². The summed E-state index contributed by atoms with van der Waals surface area (Å²) in [7, 11) is 0. The molecule has 1 saturated heterocycles. The maximum absolute atomic E-state index is 3.59. The molecule has 0 radical (unpaired) electrons. The molecule has 4 heteroatoms. The largest absolute Gasteiger partial charge is 0.309 e. The molecule has 1 aliphatic heterocycles. The average Bonchev–Trinajstić information content (AvgIpc) is 2.66. The number of piperazine rings is 1. The molecule has 0 spiro atoms. The molecule has 0 aliphatic carbocycles. The Morgan fingerprint density at radius 2 is 2.29 bits per heavy atom. The lowest BCUT2D eigenvalue weighted by molar-refractivity contribution is 0.106. The molecule has 1 N–H and O–H groups in total. The van der Waals surface area contributed by atoms with Crippen molar-refractivity contribution in [2.24, 2.45) is 0 Å². The van der Waals surface area contributed by atoms with E-state index in [-0.39, 0.29) is 5.54 Å². The minimum absolute atomic E-state index is 0.253. The molecule has 0 aromatic carbocycles. The maximum Gasteiger partial charge on any atom is 0.0701 e. The zero-order valence-corrected chi connectivity index (χ0v) is 13.2. The lowest BCUT2D eigenvalue weighted by Gasteiger charge is -2.43. The van der Waals surface area contributed by atoms with Gasteiger partial charge in [0.25, 0.3) is 0 Å². The van der Waals surface area contributed by atoms with E-state index in [1.807, 2.05) is 11.3 Å². The SMILES string of the molecule is CC1CNC(C)(C)CN1CCc1ccc(Br)s1. The van der Waals surface area contributed by atoms with Crippen molar-refractivity contribution in [1.82, 2.24) is 10.2 Å². The van der Waals surface area contributed by atoms with Gasteiger partial charge in [-0.1, -0.05) is 0 Å². The van der Waals surface area contributed by atoms with E-state index >= 15 is 0 Å². The summed E-state index contributed by atoms with van der Waals surface area (Å²) in [6.07, 6.45) is 1.16. The number of hydrogen-bond acceptors (Lipinski definition) is 3. The summed E-state index contributed by atoms with van der Waals surface area (Å²) in [6, 6.07) is 5.02. The number of halogens is 1. The standard InChI is InChI=1S/C13H21BrN2S/c1-10-8-15-13(2,3)9-16(10)7-6-11-4-5-12(14)17-11/h4-5,10,15H,6-9H2,1-3H3. The summed E-state index contributed by atoms with van der Waals surface area (Å²) in [6.45, 7) is 10.3. The highest BCUT2D eigenvalue weighted by molar-refractivity contribution is 9.11. The molecule has 2 heterocycles. The van der Waals surface area contributed by atoms with Crippen molar-refractivity contribution < 1.29 is 0 Å². The molecular formula is C13H21BrN2S. The van der Waals surface area contributed by atoms with Crippen LogP contribution < -0.4 is 5.32 Å². The minimum atomic E-state index is 0.253. The van der Waals surface area contributed by atoms with Gasteiger partial charge in [0.15, 0.2) is 0 Å². The second-order valence-electron chi connectivity index (χ2n) is 5.54. The predicted octanol–water partition coefficient (Wildman–Crippen LogP) is 3.13. The topological polar surface area (TPSA) is 15.3 Å². The zero-order chi connectivity index (χ0) is 12.5. The molecule has 1 aliphatic rings. The van der Waals surface area contributed by atoms with Crippen LogP contribution in [0.25, 0.3) is 0 Å². The quantitative estimate of drug-likeness (QED) is 0.921. The van der Waals surface area contributed by atoms with Gasteiger partial charge in [-0.25, -0.2) is 0 Å². The highest BCUT2D eigenvalue weighted by atomic mass is 79.9. The first-order valence-corrected chi connectivity index (χ1v) is 7.80. The van der Waals surface area contributed by atoms with Gasteiger partial charge in [-0.3, -0.25) is 4.90 Å². The Morgan fingerprint density at radius 1 is 1.53 bits per heavy atom. The van der Waals surface area contributed by atoms with E-state index in [0.717, 1.165) is 19.5 Å². The van der Waals surface area contributed by atoms with Gasteiger partial charge in [-0.05, 0) is 55.3 Å². The van der Waals surface area contributed by atoms with Gasteiger partial charge < -0.3 is 5.32 Å². The summed E-state index contributed by atoms with van der Waals surface area (Å²) < 4.78 is 1.24. The highest BCUT2D eigenvalue weighted by Gasteiger charge is 2.29. The van der Waals surface area contributed by atoms with Gasteiger partial charge in [0, 0.05) is 36.1 Å². The van der Waals surface area contributed by atoms with Gasteiger partial charge in [-0.15, -0.1) is 11.3 Å². The van der Waals surface area contributed by atoms with Crippen molar-refractivity contribution in [1.29, 1.82) is 0 Å². The van der Waals surface area contributed by atoms with Crippen LogP contribution >= 0.6 is 27.3 Å². The Balaban J connectivity index is 1.89. The molecule has 1 fully saturated rings. The summed E-state index contributed by atoms with van der Waals surface area (Å²) in [4.78, 5) is 4.07. The summed E-state index contributed by atoms with van der Waals surface area (Å²) >= 11 is 5.37. The molecule has 17 heavy (non-hydrogen) atoms. The second-order valence-corrected chi connectivity index (χ2v) is 8.09. The molecule has 1 unspecified atom stereocenters. The number of nitrogens with one attached hydrogen (secondary N) is 1. The fraction of sp³-hybridized carbons (Fsp3) is 0.692. The van der Waals surface area contributed by atoms with Crippen molar-refractivity contribution in [3.05, 3.63) is 20.8 Å². The smallest absolute Gasteiger partial charge is 0.0701 e. The van der Waals surface area contributed by atoms with Crippen molar-refractivity contribution in [3.63, 3.8) is 0 Å². The molecule has 0 amide bonds. The Hall–Kier alpha value is 0.1000. The van der Waals surface area contributed by atoms with E-state index < -0.39 is 0 Å². The molecule has 96 valence electrons. The Kier molecular flexibility index (Phi) is 4.29. The normalized spacial score (nSPS) is 25.1. The van der Waals surface area contributed by atoms with Crippen LogP contribution in [0, 0.1) is 0 Å². The van der Waals surface area contributed by atoms with E-state index in [4.69, 9.17) is 0 Å². The predicted molar refractivity (Wildman–Crippen MR) is 78.8 cm³/mol. The highest BCUT2D eigenvalue weighted by Crippen LogP contribution is 2.23. The molecule has 0 saturated carbocycles. The van der Waals surface area contributed by atoms with Crippen LogP contribution in [0.1, 0.15) is 25.6 Å². The van der Waals surface area contributed by atoms with E-state index in [0.29, 0.717) is 6.04 Å². The van der Waals surface area contributed by atoms with Crippen molar-refractivity contribution in [2.75, 3.05) is 19.6 Å². The number of rotatable bonds is 3. The third kappa shape index (κ3) is 3.78. The van der Waals surface area contributed by atoms with Gasteiger partial charge in [0.1, 0.15) is 0 Å². The van der Waals surface area contributed by atoms with Crippen molar-refractivity contribution in [2.45, 2.75) is 38.8 Å². The lowest BCUT2D eigenvalue weighted by Crippen LogP contribution is -2.60. The first kappa shape index (κ1) is 13.5. The Bertz CT molecular complexity index is 375. The number of hydrogen-bond donors (Lipinski definition) is 1. The van der Waals surface area contributed by atoms with Crippen LogP contribution in [0.5, 0.6) is 0 Å². The number of thiophene rings is 1. The maximum atomic E-state index is 3.59. The summed E-state index contributed by atoms with van der Waals surface area (Å²) in [5.41, 5.74) is 0.253. The number of nitrogens with zero attached hydrogens (tertiary/aromatic N) is 1. The van der Waals surface area contributed by atoms with Crippen molar-refractivity contribution in [3.8, 4) is 0 Å². The van der Waals surface area contributed by atoms with Gasteiger partial charge >= 0.3 is 0 Å². The summed E-state index contributed by atoms with van der Waals surface area (Å²) in [5.74, 6) is 0. The Labute approximate surface area is 117 Å². The molecule has 0 bridgehead atoms. The molecular weight excluding hydrogens is 296 g/mol. The van der Waals surface area contributed by atoms with Crippen LogP contribution in [-0.4, -0.2) is 36.1 Å². The third-order valence-corrected chi connectivity index (χ3v) is 5.06. The van der Waals surface area contributed by atoms with Gasteiger partial charge in [-0.2, -0.15) is 0 Å². The van der Waals surface area contributed by atoms with E-state index in [1.54, 1.807) is 0 Å². The Morgan fingerprint density at radius 3 is 2.94 bits per heavy atom. The van der Waals surface area contributed by atoms with Gasteiger partial charge in [0.2, 0.25) is 0 Å². The van der Waals surface area contributed by atoms with E-state index in [9.17, 15) is 0 Å². The molecule has 1 aromatic rings. The first-order valence-electron chi connectivity index (χ1n) is 6.19. The van der Waals surface area contributed by atoms with Gasteiger partial charge in [0.05, 0.1) is 3.79 Å². The second kappa shape index (κ2) is 5.39. The first-order chi connectivity index (χ1) is 7.96. The fourth-order valence-corrected chi connectivity index (χ4v) is 3.78. The van der Waals surface area contributed by atoms with Crippen LogP contribution in [-0.2, 0) is 6.42 Å².